The van der Waals surface area contributed by atoms with Gasteiger partial charge in [-0.15, -0.1) is 0 Å². The van der Waals surface area contributed by atoms with E-state index in [0.717, 1.165) is 18.5 Å². The lowest BCUT2D eigenvalue weighted by atomic mass is 10.0. The van der Waals surface area contributed by atoms with Gasteiger partial charge in [-0.3, -0.25) is 0 Å². The number of likely N-dealkylation sites (N-methyl/N-ethyl adjacent to an activating group) is 1. The third kappa shape index (κ3) is 2.27. The van der Waals surface area contributed by atoms with Gasteiger partial charge in [0.15, 0.2) is 0 Å². The van der Waals surface area contributed by atoms with Gasteiger partial charge in [0.05, 0.1) is 0 Å². The Labute approximate surface area is 87.0 Å². The van der Waals surface area contributed by atoms with E-state index < -0.39 is 0 Å². The van der Waals surface area contributed by atoms with Crippen molar-refractivity contribution in [3.8, 4) is 0 Å². The Morgan fingerprint density at radius 2 is 2.21 bits per heavy atom. The molecule has 82 valence electrons. The van der Waals surface area contributed by atoms with Crippen molar-refractivity contribution < 1.29 is 0 Å². The fraction of sp³-hybridized carbons (Fsp3) is 1.00. The summed E-state index contributed by atoms with van der Waals surface area (Å²) in [5, 5.41) is 3.79. The molecule has 0 bridgehead atoms. The molecular formula is C11H23N3. The van der Waals surface area contributed by atoms with E-state index in [1.807, 2.05) is 0 Å². The summed E-state index contributed by atoms with van der Waals surface area (Å²) in [5.74, 6) is 0.737. The SMILES string of the molecule is CN1CCC(NC2CCCC2CN)C1. The van der Waals surface area contributed by atoms with Crippen molar-refractivity contribution >= 4 is 0 Å². The number of rotatable bonds is 3. The van der Waals surface area contributed by atoms with Crippen molar-refractivity contribution in [2.75, 3.05) is 26.7 Å². The Hall–Kier alpha value is -0.120. The van der Waals surface area contributed by atoms with E-state index in [0.29, 0.717) is 6.04 Å². The van der Waals surface area contributed by atoms with Gasteiger partial charge < -0.3 is 16.0 Å². The average Bonchev–Trinajstić information content (AvgIpc) is 2.76. The Balaban J connectivity index is 1.79. The Morgan fingerprint density at radius 1 is 1.36 bits per heavy atom. The van der Waals surface area contributed by atoms with Crippen LogP contribution in [0.2, 0.25) is 0 Å². The second kappa shape index (κ2) is 4.60. The van der Waals surface area contributed by atoms with E-state index in [9.17, 15) is 0 Å². The van der Waals surface area contributed by atoms with Crippen molar-refractivity contribution in [3.05, 3.63) is 0 Å². The predicted octanol–water partition coefficient (Wildman–Crippen LogP) is 0.408. The van der Waals surface area contributed by atoms with Gasteiger partial charge in [-0.1, -0.05) is 6.42 Å². The van der Waals surface area contributed by atoms with Gasteiger partial charge in [-0.2, -0.15) is 0 Å². The maximum atomic E-state index is 5.78. The highest BCUT2D eigenvalue weighted by molar-refractivity contribution is 4.89. The summed E-state index contributed by atoms with van der Waals surface area (Å²) in [6, 6.07) is 1.42. The molecule has 0 aromatic rings. The minimum absolute atomic E-state index is 0.705. The molecular weight excluding hydrogens is 174 g/mol. The highest BCUT2D eigenvalue weighted by atomic mass is 15.2. The molecule has 0 aromatic heterocycles. The van der Waals surface area contributed by atoms with Gasteiger partial charge in [0.1, 0.15) is 0 Å². The number of likely N-dealkylation sites (tertiary alicyclic amines) is 1. The van der Waals surface area contributed by atoms with Gasteiger partial charge in [0.25, 0.3) is 0 Å². The summed E-state index contributed by atoms with van der Waals surface area (Å²) in [6.45, 7) is 3.33. The molecule has 3 nitrogen and oxygen atoms in total. The lowest BCUT2D eigenvalue weighted by molar-refractivity contribution is 0.345. The molecule has 2 aliphatic rings. The summed E-state index contributed by atoms with van der Waals surface area (Å²) in [5.41, 5.74) is 5.78. The first-order valence-electron chi connectivity index (χ1n) is 5.94. The lowest BCUT2D eigenvalue weighted by Gasteiger charge is -2.23. The lowest BCUT2D eigenvalue weighted by Crippen LogP contribution is -2.43. The van der Waals surface area contributed by atoms with Gasteiger partial charge in [-0.25, -0.2) is 0 Å². The molecule has 3 atom stereocenters. The number of nitrogens with zero attached hydrogens (tertiary/aromatic N) is 1. The minimum Gasteiger partial charge on any atom is -0.330 e. The van der Waals surface area contributed by atoms with Gasteiger partial charge in [0, 0.05) is 18.6 Å². The van der Waals surface area contributed by atoms with Crippen LogP contribution in [0.3, 0.4) is 0 Å². The first-order chi connectivity index (χ1) is 6.79. The molecule has 0 amide bonds. The largest absolute Gasteiger partial charge is 0.330 e. The topological polar surface area (TPSA) is 41.3 Å². The van der Waals surface area contributed by atoms with E-state index in [1.165, 1.54) is 38.8 Å². The zero-order valence-corrected chi connectivity index (χ0v) is 9.21. The highest BCUT2D eigenvalue weighted by Gasteiger charge is 2.29. The van der Waals surface area contributed by atoms with Crippen molar-refractivity contribution in [1.29, 1.82) is 0 Å². The Kier molecular flexibility index (Phi) is 3.42. The molecule has 1 aliphatic carbocycles. The fourth-order valence-corrected chi connectivity index (χ4v) is 2.91. The van der Waals surface area contributed by atoms with E-state index in [4.69, 9.17) is 5.73 Å². The van der Waals surface area contributed by atoms with E-state index in [1.54, 1.807) is 0 Å². The second-order valence-electron chi connectivity index (χ2n) is 4.95. The van der Waals surface area contributed by atoms with Gasteiger partial charge >= 0.3 is 0 Å². The normalized spacial score (nSPS) is 39.4. The van der Waals surface area contributed by atoms with Crippen LogP contribution in [-0.4, -0.2) is 43.7 Å². The smallest absolute Gasteiger partial charge is 0.0209 e. The maximum absolute atomic E-state index is 5.78. The van der Waals surface area contributed by atoms with Crippen molar-refractivity contribution in [3.63, 3.8) is 0 Å². The minimum atomic E-state index is 0.705. The molecule has 3 heteroatoms. The molecule has 0 aromatic carbocycles. The molecule has 1 saturated heterocycles. The monoisotopic (exact) mass is 197 g/mol. The Bertz CT molecular complexity index is 183. The fourth-order valence-electron chi connectivity index (χ4n) is 2.91. The molecule has 1 saturated carbocycles. The zero-order valence-electron chi connectivity index (χ0n) is 9.21. The zero-order chi connectivity index (χ0) is 9.97. The summed E-state index contributed by atoms with van der Waals surface area (Å²) in [4.78, 5) is 2.41. The number of nitrogens with one attached hydrogen (secondary N) is 1. The van der Waals surface area contributed by atoms with Crippen LogP contribution in [0.15, 0.2) is 0 Å². The molecule has 1 heterocycles. The van der Waals surface area contributed by atoms with Crippen LogP contribution in [0.4, 0.5) is 0 Å². The standard InChI is InChI=1S/C11H23N3/c1-14-6-5-10(8-14)13-11-4-2-3-9(11)7-12/h9-11,13H,2-8,12H2,1H3. The highest BCUT2D eigenvalue weighted by Crippen LogP contribution is 2.25. The molecule has 0 spiro atoms. The van der Waals surface area contributed by atoms with Crippen molar-refractivity contribution in [2.45, 2.75) is 37.8 Å². The maximum Gasteiger partial charge on any atom is 0.0209 e. The van der Waals surface area contributed by atoms with E-state index >= 15 is 0 Å². The molecule has 14 heavy (non-hydrogen) atoms. The van der Waals surface area contributed by atoms with Crippen molar-refractivity contribution in [2.24, 2.45) is 11.7 Å². The molecule has 3 unspecified atom stereocenters. The molecule has 2 fully saturated rings. The third-order valence-electron chi connectivity index (χ3n) is 3.80. The van der Waals surface area contributed by atoms with E-state index in [2.05, 4.69) is 17.3 Å². The predicted molar refractivity (Wildman–Crippen MR) is 59.2 cm³/mol. The summed E-state index contributed by atoms with van der Waals surface area (Å²) >= 11 is 0. The quantitative estimate of drug-likeness (QED) is 0.688. The summed E-state index contributed by atoms with van der Waals surface area (Å²) in [7, 11) is 2.21. The first-order valence-corrected chi connectivity index (χ1v) is 5.94. The van der Waals surface area contributed by atoms with Crippen LogP contribution in [0.25, 0.3) is 0 Å². The van der Waals surface area contributed by atoms with Gasteiger partial charge in [0.2, 0.25) is 0 Å². The molecule has 0 radical (unpaired) electrons. The third-order valence-corrected chi connectivity index (χ3v) is 3.80. The van der Waals surface area contributed by atoms with Crippen LogP contribution >= 0.6 is 0 Å². The van der Waals surface area contributed by atoms with E-state index in [-0.39, 0.29) is 0 Å². The van der Waals surface area contributed by atoms with Crippen LogP contribution in [-0.2, 0) is 0 Å². The van der Waals surface area contributed by atoms with Crippen LogP contribution in [0, 0.1) is 5.92 Å². The van der Waals surface area contributed by atoms with Crippen molar-refractivity contribution in [1.82, 2.24) is 10.2 Å². The molecule has 3 N–H and O–H groups in total. The molecule has 1 aliphatic heterocycles. The average molecular weight is 197 g/mol. The van der Waals surface area contributed by atoms with Crippen LogP contribution in [0.1, 0.15) is 25.7 Å². The number of nitrogens with two attached hydrogens (primary N) is 1. The van der Waals surface area contributed by atoms with Crippen LogP contribution in [0.5, 0.6) is 0 Å². The summed E-state index contributed by atoms with van der Waals surface area (Å²) in [6.07, 6.45) is 5.34. The number of hydrogen-bond acceptors (Lipinski definition) is 3. The van der Waals surface area contributed by atoms with Gasteiger partial charge in [-0.05, 0) is 45.3 Å². The molecule has 2 rings (SSSR count). The van der Waals surface area contributed by atoms with Crippen LogP contribution < -0.4 is 11.1 Å². The Morgan fingerprint density at radius 3 is 2.86 bits per heavy atom. The number of hydrogen-bond donors (Lipinski definition) is 2. The first kappa shape index (κ1) is 10.4. The summed E-state index contributed by atoms with van der Waals surface area (Å²) < 4.78 is 0. The second-order valence-corrected chi connectivity index (χ2v) is 4.95.